The average Bonchev–Trinajstić information content (AvgIpc) is 2.38. The molecule has 0 bridgehead atoms. The molecule has 0 aliphatic carbocycles. The van der Waals surface area contributed by atoms with Crippen LogP contribution in [0.2, 0.25) is 10.0 Å². The molecule has 2 nitrogen and oxygen atoms in total. The average molecular weight is 309 g/mol. The van der Waals surface area contributed by atoms with Crippen molar-refractivity contribution < 1.29 is 0 Å². The molecular formula is C16H18Cl2N2. The lowest BCUT2D eigenvalue weighted by Gasteiger charge is -2.22. The normalized spacial score (nSPS) is 12.2. The zero-order chi connectivity index (χ0) is 14.7. The first-order chi connectivity index (χ1) is 9.47. The first-order valence-electron chi connectivity index (χ1n) is 6.48. The van der Waals surface area contributed by atoms with Crippen molar-refractivity contribution in [3.63, 3.8) is 0 Å². The summed E-state index contributed by atoms with van der Waals surface area (Å²) in [5, 5.41) is 1.46. The lowest BCUT2D eigenvalue weighted by Crippen LogP contribution is -2.17. The molecule has 0 aliphatic heterocycles. The van der Waals surface area contributed by atoms with Gasteiger partial charge in [0.15, 0.2) is 0 Å². The molecule has 0 radical (unpaired) electrons. The highest BCUT2D eigenvalue weighted by atomic mass is 35.5. The second-order valence-electron chi connectivity index (χ2n) is 4.99. The van der Waals surface area contributed by atoms with Crippen molar-refractivity contribution in [2.24, 2.45) is 5.73 Å². The summed E-state index contributed by atoms with van der Waals surface area (Å²) < 4.78 is 0. The number of halogens is 2. The fraction of sp³-hybridized carbons (Fsp3) is 0.250. The molecule has 2 aromatic rings. The summed E-state index contributed by atoms with van der Waals surface area (Å²) in [6, 6.07) is 13.8. The van der Waals surface area contributed by atoms with Crippen LogP contribution in [0.1, 0.15) is 24.1 Å². The van der Waals surface area contributed by atoms with Gasteiger partial charge in [-0.05, 0) is 42.3 Å². The van der Waals surface area contributed by atoms with E-state index in [9.17, 15) is 0 Å². The van der Waals surface area contributed by atoms with Gasteiger partial charge in [-0.2, -0.15) is 0 Å². The van der Waals surface area contributed by atoms with Crippen LogP contribution in [-0.2, 0) is 6.54 Å². The molecule has 0 unspecified atom stereocenters. The number of nitrogens with zero attached hydrogens (tertiary/aromatic N) is 1. The maximum absolute atomic E-state index is 6.34. The summed E-state index contributed by atoms with van der Waals surface area (Å²) in [4.78, 5) is 2.10. The monoisotopic (exact) mass is 308 g/mol. The van der Waals surface area contributed by atoms with Gasteiger partial charge in [-0.1, -0.05) is 41.4 Å². The lowest BCUT2D eigenvalue weighted by atomic mass is 10.1. The summed E-state index contributed by atoms with van der Waals surface area (Å²) in [5.74, 6) is 0. The third-order valence-corrected chi connectivity index (χ3v) is 3.76. The molecule has 0 saturated heterocycles. The SMILES string of the molecule is C[C@H](N)c1ccc(N(C)Cc2cccc(Cl)c2)c(Cl)c1. The van der Waals surface area contributed by atoms with E-state index in [0.29, 0.717) is 5.02 Å². The van der Waals surface area contributed by atoms with Crippen molar-refractivity contribution in [1.29, 1.82) is 0 Å². The van der Waals surface area contributed by atoms with Gasteiger partial charge in [-0.25, -0.2) is 0 Å². The predicted molar refractivity (Wildman–Crippen MR) is 87.6 cm³/mol. The highest BCUT2D eigenvalue weighted by Gasteiger charge is 2.09. The standard InChI is InChI=1S/C16H18Cl2N2/c1-11(19)13-6-7-16(15(18)9-13)20(2)10-12-4-3-5-14(17)8-12/h3-9,11H,10,19H2,1-2H3/t11-/m0/s1. The van der Waals surface area contributed by atoms with E-state index in [-0.39, 0.29) is 6.04 Å². The van der Waals surface area contributed by atoms with Gasteiger partial charge in [0.25, 0.3) is 0 Å². The predicted octanol–water partition coefficient (Wildman–Crippen LogP) is 4.65. The third kappa shape index (κ3) is 3.66. The Kier molecular flexibility index (Phi) is 4.92. The zero-order valence-corrected chi connectivity index (χ0v) is 13.1. The van der Waals surface area contributed by atoms with Crippen LogP contribution in [0.5, 0.6) is 0 Å². The Hall–Kier alpha value is -1.22. The van der Waals surface area contributed by atoms with Crippen LogP contribution in [0, 0.1) is 0 Å². The maximum Gasteiger partial charge on any atom is 0.0642 e. The van der Waals surface area contributed by atoms with E-state index in [2.05, 4.69) is 4.90 Å². The maximum atomic E-state index is 6.34. The number of rotatable bonds is 4. The molecule has 1 atom stereocenters. The Morgan fingerprint density at radius 3 is 2.50 bits per heavy atom. The number of hydrogen-bond acceptors (Lipinski definition) is 2. The second kappa shape index (κ2) is 6.49. The van der Waals surface area contributed by atoms with Gasteiger partial charge in [0, 0.05) is 24.7 Å². The molecule has 0 aromatic heterocycles. The molecule has 0 saturated carbocycles. The van der Waals surface area contributed by atoms with E-state index in [0.717, 1.165) is 28.4 Å². The van der Waals surface area contributed by atoms with E-state index in [1.807, 2.05) is 56.4 Å². The van der Waals surface area contributed by atoms with E-state index in [4.69, 9.17) is 28.9 Å². The molecule has 2 N–H and O–H groups in total. The number of nitrogens with two attached hydrogens (primary N) is 1. The molecule has 2 aromatic carbocycles. The van der Waals surface area contributed by atoms with Gasteiger partial charge in [-0.3, -0.25) is 0 Å². The van der Waals surface area contributed by atoms with Crippen molar-refractivity contribution in [1.82, 2.24) is 0 Å². The van der Waals surface area contributed by atoms with Crippen molar-refractivity contribution >= 4 is 28.9 Å². The van der Waals surface area contributed by atoms with E-state index >= 15 is 0 Å². The Balaban J connectivity index is 2.19. The smallest absolute Gasteiger partial charge is 0.0642 e. The van der Waals surface area contributed by atoms with Crippen LogP contribution in [-0.4, -0.2) is 7.05 Å². The Labute approximate surface area is 130 Å². The largest absolute Gasteiger partial charge is 0.369 e. The minimum atomic E-state index is -0.0141. The second-order valence-corrected chi connectivity index (χ2v) is 5.83. The van der Waals surface area contributed by atoms with Gasteiger partial charge in [0.05, 0.1) is 10.7 Å². The third-order valence-electron chi connectivity index (χ3n) is 3.22. The molecular weight excluding hydrogens is 291 g/mol. The molecule has 106 valence electrons. The molecule has 0 heterocycles. The fourth-order valence-corrected chi connectivity index (χ4v) is 2.66. The Morgan fingerprint density at radius 1 is 1.15 bits per heavy atom. The van der Waals surface area contributed by atoms with Crippen LogP contribution in [0.3, 0.4) is 0 Å². The highest BCUT2D eigenvalue weighted by Crippen LogP contribution is 2.29. The van der Waals surface area contributed by atoms with Crippen molar-refractivity contribution in [2.75, 3.05) is 11.9 Å². The minimum Gasteiger partial charge on any atom is -0.369 e. The number of benzene rings is 2. The van der Waals surface area contributed by atoms with E-state index in [1.54, 1.807) is 0 Å². The summed E-state index contributed by atoms with van der Waals surface area (Å²) in [5.41, 5.74) is 9.03. The topological polar surface area (TPSA) is 29.3 Å². The Bertz CT molecular complexity index is 597. The van der Waals surface area contributed by atoms with Crippen LogP contribution >= 0.6 is 23.2 Å². The summed E-state index contributed by atoms with van der Waals surface area (Å²) >= 11 is 12.3. The van der Waals surface area contributed by atoms with Crippen molar-refractivity contribution in [3.05, 3.63) is 63.6 Å². The molecule has 2 rings (SSSR count). The number of anilines is 1. The van der Waals surface area contributed by atoms with Crippen molar-refractivity contribution in [3.8, 4) is 0 Å². The summed E-state index contributed by atoms with van der Waals surface area (Å²) in [7, 11) is 2.01. The van der Waals surface area contributed by atoms with Gasteiger partial charge in [0.2, 0.25) is 0 Å². The molecule has 4 heteroatoms. The van der Waals surface area contributed by atoms with Crippen molar-refractivity contribution in [2.45, 2.75) is 19.5 Å². The fourth-order valence-electron chi connectivity index (χ4n) is 2.11. The highest BCUT2D eigenvalue weighted by molar-refractivity contribution is 6.33. The Morgan fingerprint density at radius 2 is 1.90 bits per heavy atom. The van der Waals surface area contributed by atoms with Crippen LogP contribution in [0.25, 0.3) is 0 Å². The number of hydrogen-bond donors (Lipinski definition) is 1. The van der Waals surface area contributed by atoms with Gasteiger partial charge >= 0.3 is 0 Å². The zero-order valence-electron chi connectivity index (χ0n) is 11.6. The lowest BCUT2D eigenvalue weighted by molar-refractivity contribution is 0.817. The molecule has 0 amide bonds. The summed E-state index contributed by atoms with van der Waals surface area (Å²) in [6.07, 6.45) is 0. The van der Waals surface area contributed by atoms with Crippen LogP contribution in [0.4, 0.5) is 5.69 Å². The van der Waals surface area contributed by atoms with E-state index < -0.39 is 0 Å². The molecule has 0 aliphatic rings. The first-order valence-corrected chi connectivity index (χ1v) is 7.23. The molecule has 20 heavy (non-hydrogen) atoms. The quantitative estimate of drug-likeness (QED) is 0.891. The van der Waals surface area contributed by atoms with E-state index in [1.165, 1.54) is 0 Å². The molecule has 0 spiro atoms. The minimum absolute atomic E-state index is 0.0141. The first kappa shape index (κ1) is 15.2. The van der Waals surface area contributed by atoms with Crippen LogP contribution < -0.4 is 10.6 Å². The summed E-state index contributed by atoms with van der Waals surface area (Å²) in [6.45, 7) is 2.69. The van der Waals surface area contributed by atoms with Crippen LogP contribution in [0.15, 0.2) is 42.5 Å². The van der Waals surface area contributed by atoms with Gasteiger partial charge < -0.3 is 10.6 Å². The van der Waals surface area contributed by atoms with Gasteiger partial charge in [-0.15, -0.1) is 0 Å². The molecule has 0 fully saturated rings. The van der Waals surface area contributed by atoms with Gasteiger partial charge in [0.1, 0.15) is 0 Å².